The first-order valence-corrected chi connectivity index (χ1v) is 8.95. The lowest BCUT2D eigenvalue weighted by molar-refractivity contribution is 0.0751. The molecule has 1 aliphatic heterocycles. The van der Waals surface area contributed by atoms with Gasteiger partial charge < -0.3 is 9.80 Å². The number of amides is 1. The molecule has 1 fully saturated rings. The summed E-state index contributed by atoms with van der Waals surface area (Å²) in [5.41, 5.74) is 0.333. The first-order chi connectivity index (χ1) is 12.1. The molecule has 3 aromatic rings. The lowest BCUT2D eigenvalue weighted by Gasteiger charge is -2.35. The Bertz CT molecular complexity index is 934. The predicted octanol–water partition coefficient (Wildman–Crippen LogP) is 3.10. The van der Waals surface area contributed by atoms with Crippen molar-refractivity contribution in [3.8, 4) is 0 Å². The van der Waals surface area contributed by atoms with Crippen molar-refractivity contribution >= 4 is 34.0 Å². The number of para-hydroxylation sites is 1. The Balaban J connectivity index is 1.53. The average Bonchev–Trinajstić information content (AvgIpc) is 3.08. The minimum absolute atomic E-state index is 0.0799. The molecule has 0 saturated carbocycles. The minimum atomic E-state index is -0.344. The molecule has 1 saturated heterocycles. The van der Waals surface area contributed by atoms with E-state index in [2.05, 4.69) is 14.9 Å². The molecular weight excluding hydrogens is 339 g/mol. The molecule has 0 N–H and O–H groups in total. The van der Waals surface area contributed by atoms with Crippen molar-refractivity contribution in [1.29, 1.82) is 0 Å². The molecule has 0 bridgehead atoms. The number of carbonyl (C=O) groups is 1. The summed E-state index contributed by atoms with van der Waals surface area (Å²) in [5.74, 6) is 0.461. The Labute approximate surface area is 148 Å². The molecular formula is C18H17FN4OS. The number of carbonyl (C=O) groups excluding carboxylic acids is 1. The predicted molar refractivity (Wildman–Crippen MR) is 96.7 cm³/mol. The highest BCUT2D eigenvalue weighted by atomic mass is 32.1. The highest BCUT2D eigenvalue weighted by Crippen LogP contribution is 2.26. The van der Waals surface area contributed by atoms with Crippen molar-refractivity contribution in [2.45, 2.75) is 6.92 Å². The van der Waals surface area contributed by atoms with Gasteiger partial charge in [0.05, 0.1) is 4.88 Å². The van der Waals surface area contributed by atoms with Gasteiger partial charge in [-0.3, -0.25) is 4.79 Å². The van der Waals surface area contributed by atoms with E-state index in [-0.39, 0.29) is 11.7 Å². The van der Waals surface area contributed by atoms with Gasteiger partial charge in [0.1, 0.15) is 23.5 Å². The number of piperazine rings is 1. The molecule has 0 aliphatic carbocycles. The lowest BCUT2D eigenvalue weighted by atomic mass is 10.2. The van der Waals surface area contributed by atoms with Gasteiger partial charge in [0, 0.05) is 36.4 Å². The number of benzene rings is 1. The molecule has 3 heterocycles. The number of hydrogen-bond acceptors (Lipinski definition) is 5. The van der Waals surface area contributed by atoms with Crippen LogP contribution in [0.15, 0.2) is 36.7 Å². The van der Waals surface area contributed by atoms with Gasteiger partial charge in [0.25, 0.3) is 5.91 Å². The van der Waals surface area contributed by atoms with Gasteiger partial charge in [-0.15, -0.1) is 11.3 Å². The van der Waals surface area contributed by atoms with Crippen molar-refractivity contribution in [1.82, 2.24) is 14.9 Å². The summed E-state index contributed by atoms with van der Waals surface area (Å²) in [7, 11) is 0. The van der Waals surface area contributed by atoms with Gasteiger partial charge in [-0.1, -0.05) is 6.07 Å². The summed E-state index contributed by atoms with van der Waals surface area (Å²) in [4.78, 5) is 26.8. The van der Waals surface area contributed by atoms with E-state index in [0.29, 0.717) is 37.1 Å². The highest BCUT2D eigenvalue weighted by molar-refractivity contribution is 7.13. The number of anilines is 1. The van der Waals surface area contributed by atoms with Crippen molar-refractivity contribution in [3.05, 3.63) is 52.2 Å². The van der Waals surface area contributed by atoms with Gasteiger partial charge in [0.2, 0.25) is 0 Å². The molecule has 1 aromatic carbocycles. The van der Waals surface area contributed by atoms with E-state index in [1.165, 1.54) is 23.7 Å². The SMILES string of the molecule is Cc1ccc(C(=O)N2CCN(c3ncnc4c(F)cccc34)CC2)s1. The standard InChI is InChI=1S/C18H17FN4OS/c1-12-5-6-15(25-12)18(24)23-9-7-22(8-10-23)17-13-3-2-4-14(19)16(13)20-11-21-17/h2-6,11H,7-10H2,1H3. The summed E-state index contributed by atoms with van der Waals surface area (Å²) in [6.07, 6.45) is 1.40. The van der Waals surface area contributed by atoms with Crippen LogP contribution in [0.4, 0.5) is 10.2 Å². The van der Waals surface area contributed by atoms with E-state index >= 15 is 0 Å². The van der Waals surface area contributed by atoms with Gasteiger partial charge in [-0.2, -0.15) is 0 Å². The third-order valence-corrected chi connectivity index (χ3v) is 5.40. The quantitative estimate of drug-likeness (QED) is 0.708. The first kappa shape index (κ1) is 16.0. The van der Waals surface area contributed by atoms with Crippen LogP contribution in [0.2, 0.25) is 0 Å². The molecule has 0 atom stereocenters. The summed E-state index contributed by atoms with van der Waals surface area (Å²) in [6, 6.07) is 8.76. The Morgan fingerprint density at radius 3 is 2.64 bits per heavy atom. The molecule has 1 aliphatic rings. The molecule has 1 amide bonds. The summed E-state index contributed by atoms with van der Waals surface area (Å²) < 4.78 is 13.9. The largest absolute Gasteiger partial charge is 0.352 e. The zero-order chi connectivity index (χ0) is 17.4. The summed E-state index contributed by atoms with van der Waals surface area (Å²) in [5, 5.41) is 0.705. The topological polar surface area (TPSA) is 49.3 Å². The molecule has 0 radical (unpaired) electrons. The first-order valence-electron chi connectivity index (χ1n) is 8.13. The van der Waals surface area contributed by atoms with Crippen LogP contribution < -0.4 is 4.90 Å². The molecule has 4 rings (SSSR count). The number of rotatable bonds is 2. The van der Waals surface area contributed by atoms with Crippen LogP contribution >= 0.6 is 11.3 Å². The fraction of sp³-hybridized carbons (Fsp3) is 0.278. The van der Waals surface area contributed by atoms with Crippen molar-refractivity contribution in [2.24, 2.45) is 0 Å². The van der Waals surface area contributed by atoms with E-state index in [9.17, 15) is 9.18 Å². The second-order valence-corrected chi connectivity index (χ2v) is 7.31. The van der Waals surface area contributed by atoms with E-state index in [0.717, 1.165) is 15.6 Å². The van der Waals surface area contributed by atoms with Crippen LogP contribution in [0.25, 0.3) is 10.9 Å². The minimum Gasteiger partial charge on any atom is -0.352 e. The fourth-order valence-corrected chi connectivity index (χ4v) is 3.95. The van der Waals surface area contributed by atoms with Gasteiger partial charge in [0.15, 0.2) is 0 Å². The normalized spacial score (nSPS) is 15.0. The van der Waals surface area contributed by atoms with Crippen LogP contribution in [0.5, 0.6) is 0 Å². The smallest absolute Gasteiger partial charge is 0.264 e. The molecule has 2 aromatic heterocycles. The monoisotopic (exact) mass is 356 g/mol. The van der Waals surface area contributed by atoms with E-state index in [1.54, 1.807) is 6.07 Å². The van der Waals surface area contributed by atoms with Crippen molar-refractivity contribution in [3.63, 3.8) is 0 Å². The average molecular weight is 356 g/mol. The highest BCUT2D eigenvalue weighted by Gasteiger charge is 2.24. The lowest BCUT2D eigenvalue weighted by Crippen LogP contribution is -2.49. The molecule has 128 valence electrons. The molecule has 0 unspecified atom stereocenters. The molecule has 7 heteroatoms. The second-order valence-electron chi connectivity index (χ2n) is 6.02. The third-order valence-electron chi connectivity index (χ3n) is 4.41. The Morgan fingerprint density at radius 1 is 1.12 bits per heavy atom. The summed E-state index contributed by atoms with van der Waals surface area (Å²) in [6.45, 7) is 4.57. The maximum Gasteiger partial charge on any atom is 0.264 e. The van der Waals surface area contributed by atoms with Crippen LogP contribution in [-0.2, 0) is 0 Å². The number of halogens is 1. The van der Waals surface area contributed by atoms with Gasteiger partial charge >= 0.3 is 0 Å². The van der Waals surface area contributed by atoms with E-state index in [1.807, 2.05) is 30.0 Å². The number of hydrogen-bond donors (Lipinski definition) is 0. The zero-order valence-corrected chi connectivity index (χ0v) is 14.6. The van der Waals surface area contributed by atoms with Crippen LogP contribution in [-0.4, -0.2) is 47.0 Å². The van der Waals surface area contributed by atoms with Crippen LogP contribution in [0.3, 0.4) is 0 Å². The van der Waals surface area contributed by atoms with Crippen LogP contribution in [0.1, 0.15) is 14.5 Å². The second kappa shape index (κ2) is 6.40. The molecule has 5 nitrogen and oxygen atoms in total. The maximum atomic E-state index is 13.9. The Hall–Kier alpha value is -2.54. The van der Waals surface area contributed by atoms with Crippen LogP contribution in [0, 0.1) is 12.7 Å². The Kier molecular flexibility index (Phi) is 4.09. The maximum absolute atomic E-state index is 13.9. The van der Waals surface area contributed by atoms with E-state index < -0.39 is 0 Å². The number of aryl methyl sites for hydroxylation is 1. The van der Waals surface area contributed by atoms with Gasteiger partial charge in [-0.25, -0.2) is 14.4 Å². The van der Waals surface area contributed by atoms with Crippen molar-refractivity contribution < 1.29 is 9.18 Å². The number of thiophene rings is 1. The number of aromatic nitrogens is 2. The number of fused-ring (bicyclic) bond motifs is 1. The molecule has 25 heavy (non-hydrogen) atoms. The summed E-state index contributed by atoms with van der Waals surface area (Å²) >= 11 is 1.52. The van der Waals surface area contributed by atoms with Gasteiger partial charge in [-0.05, 0) is 31.2 Å². The fourth-order valence-electron chi connectivity index (χ4n) is 3.12. The molecule has 0 spiro atoms. The van der Waals surface area contributed by atoms with E-state index in [4.69, 9.17) is 0 Å². The zero-order valence-electron chi connectivity index (χ0n) is 13.8. The number of nitrogens with zero attached hydrogens (tertiary/aromatic N) is 4. The third kappa shape index (κ3) is 2.95. The van der Waals surface area contributed by atoms with Crippen molar-refractivity contribution in [2.75, 3.05) is 31.1 Å². The Morgan fingerprint density at radius 2 is 1.92 bits per heavy atom.